The lowest BCUT2D eigenvalue weighted by atomic mass is 9.95. The van der Waals surface area contributed by atoms with E-state index in [0.29, 0.717) is 42.9 Å². The zero-order valence-corrected chi connectivity index (χ0v) is 12.7. The lowest BCUT2D eigenvalue weighted by Gasteiger charge is -2.22. The van der Waals surface area contributed by atoms with Crippen molar-refractivity contribution in [3.05, 3.63) is 18.2 Å². The number of nitrogens with two attached hydrogens (primary N) is 1. The van der Waals surface area contributed by atoms with Crippen LogP contribution in [0, 0.1) is 11.8 Å². The number of nitrogens with one attached hydrogen (secondary N) is 1. The van der Waals surface area contributed by atoms with E-state index in [1.165, 1.54) is 0 Å². The number of para-hydroxylation sites is 1. The van der Waals surface area contributed by atoms with Crippen LogP contribution in [-0.2, 0) is 4.79 Å². The number of hydrogen-bond donors (Lipinski definition) is 2. The Morgan fingerprint density at radius 3 is 2.90 bits per heavy atom. The van der Waals surface area contributed by atoms with Crippen molar-refractivity contribution in [2.24, 2.45) is 17.6 Å². The molecule has 116 valence electrons. The molecule has 2 aliphatic rings. The normalized spacial score (nSPS) is 23.3. The monoisotopic (exact) mass is 312 g/mol. The maximum atomic E-state index is 12.4. The zero-order valence-electron chi connectivity index (χ0n) is 11.8. The SMILES string of the molecule is Cl.NC[C@H]1CCC[C@H]1C(=O)Nc1cccc2c1OCCO2. The minimum atomic E-state index is 0. The van der Waals surface area contributed by atoms with Gasteiger partial charge in [-0.3, -0.25) is 4.79 Å². The van der Waals surface area contributed by atoms with Crippen LogP contribution in [0.2, 0.25) is 0 Å². The van der Waals surface area contributed by atoms with Crippen LogP contribution in [0.15, 0.2) is 18.2 Å². The molecule has 1 fully saturated rings. The second-order valence-electron chi connectivity index (χ2n) is 5.35. The van der Waals surface area contributed by atoms with E-state index in [1.807, 2.05) is 18.2 Å². The first-order valence-corrected chi connectivity index (χ1v) is 7.19. The predicted molar refractivity (Wildman–Crippen MR) is 83.2 cm³/mol. The lowest BCUT2D eigenvalue weighted by Crippen LogP contribution is -2.30. The Bertz CT molecular complexity index is 510. The summed E-state index contributed by atoms with van der Waals surface area (Å²) in [5, 5.41) is 2.98. The number of fused-ring (bicyclic) bond motifs is 1. The third-order valence-corrected chi connectivity index (χ3v) is 4.12. The lowest BCUT2D eigenvalue weighted by molar-refractivity contribution is -0.120. The molecular formula is C15H21ClN2O3. The fourth-order valence-corrected chi connectivity index (χ4v) is 3.06. The number of halogens is 1. The van der Waals surface area contributed by atoms with E-state index in [9.17, 15) is 4.79 Å². The van der Waals surface area contributed by atoms with E-state index in [2.05, 4.69) is 5.32 Å². The summed E-state index contributed by atoms with van der Waals surface area (Å²) in [7, 11) is 0. The van der Waals surface area contributed by atoms with E-state index < -0.39 is 0 Å². The van der Waals surface area contributed by atoms with Crippen LogP contribution in [-0.4, -0.2) is 25.7 Å². The highest BCUT2D eigenvalue weighted by Gasteiger charge is 2.32. The van der Waals surface area contributed by atoms with Crippen molar-refractivity contribution < 1.29 is 14.3 Å². The van der Waals surface area contributed by atoms with Crippen LogP contribution in [0.3, 0.4) is 0 Å². The van der Waals surface area contributed by atoms with Gasteiger partial charge in [-0.25, -0.2) is 0 Å². The summed E-state index contributed by atoms with van der Waals surface area (Å²) in [6.07, 6.45) is 3.04. The van der Waals surface area contributed by atoms with Gasteiger partial charge < -0.3 is 20.5 Å². The molecule has 21 heavy (non-hydrogen) atoms. The Kier molecular flexibility index (Phi) is 5.31. The topological polar surface area (TPSA) is 73.6 Å². The highest BCUT2D eigenvalue weighted by atomic mass is 35.5. The number of carbonyl (C=O) groups is 1. The molecule has 1 aromatic rings. The maximum Gasteiger partial charge on any atom is 0.227 e. The van der Waals surface area contributed by atoms with Crippen LogP contribution < -0.4 is 20.5 Å². The van der Waals surface area contributed by atoms with E-state index in [0.717, 1.165) is 19.3 Å². The summed E-state index contributed by atoms with van der Waals surface area (Å²) in [6, 6.07) is 5.55. The number of ether oxygens (including phenoxy) is 2. The van der Waals surface area contributed by atoms with Gasteiger partial charge in [-0.15, -0.1) is 12.4 Å². The molecule has 0 unspecified atom stereocenters. The van der Waals surface area contributed by atoms with Gasteiger partial charge in [0, 0.05) is 5.92 Å². The molecule has 1 amide bonds. The second kappa shape index (κ2) is 7.00. The average molecular weight is 313 g/mol. The molecule has 3 rings (SSSR count). The smallest absolute Gasteiger partial charge is 0.227 e. The number of anilines is 1. The molecule has 0 spiro atoms. The Morgan fingerprint density at radius 1 is 1.29 bits per heavy atom. The Morgan fingerprint density at radius 2 is 2.10 bits per heavy atom. The molecule has 2 atom stereocenters. The molecular weight excluding hydrogens is 292 g/mol. The fourth-order valence-electron chi connectivity index (χ4n) is 3.06. The maximum absolute atomic E-state index is 12.4. The molecule has 3 N–H and O–H groups in total. The summed E-state index contributed by atoms with van der Waals surface area (Å²) in [5.41, 5.74) is 6.43. The second-order valence-corrected chi connectivity index (χ2v) is 5.35. The average Bonchev–Trinajstić information content (AvgIpc) is 2.96. The van der Waals surface area contributed by atoms with Crippen LogP contribution in [0.5, 0.6) is 11.5 Å². The predicted octanol–water partition coefficient (Wildman–Crippen LogP) is 2.19. The van der Waals surface area contributed by atoms with Crippen molar-refractivity contribution in [2.45, 2.75) is 19.3 Å². The van der Waals surface area contributed by atoms with Crippen LogP contribution in [0.25, 0.3) is 0 Å². The van der Waals surface area contributed by atoms with E-state index in [1.54, 1.807) is 0 Å². The van der Waals surface area contributed by atoms with E-state index in [-0.39, 0.29) is 24.2 Å². The summed E-state index contributed by atoms with van der Waals surface area (Å²) >= 11 is 0. The molecule has 0 saturated heterocycles. The minimum Gasteiger partial charge on any atom is -0.486 e. The summed E-state index contributed by atoms with van der Waals surface area (Å²) < 4.78 is 11.1. The van der Waals surface area contributed by atoms with Gasteiger partial charge in [0.15, 0.2) is 11.5 Å². The van der Waals surface area contributed by atoms with Crippen molar-refractivity contribution in [1.82, 2.24) is 0 Å². The molecule has 1 heterocycles. The third-order valence-electron chi connectivity index (χ3n) is 4.12. The molecule has 0 aromatic heterocycles. The first-order valence-electron chi connectivity index (χ1n) is 7.19. The van der Waals surface area contributed by atoms with Crippen molar-refractivity contribution in [3.63, 3.8) is 0 Å². The van der Waals surface area contributed by atoms with Crippen LogP contribution >= 0.6 is 12.4 Å². The summed E-state index contributed by atoms with van der Waals surface area (Å²) in [5.74, 6) is 1.68. The first-order chi connectivity index (χ1) is 9.79. The fraction of sp³-hybridized carbons (Fsp3) is 0.533. The minimum absolute atomic E-state index is 0. The molecule has 0 radical (unpaired) electrons. The first kappa shape index (κ1) is 15.9. The third kappa shape index (κ3) is 3.24. The van der Waals surface area contributed by atoms with Crippen molar-refractivity contribution in [2.75, 3.05) is 25.1 Å². The van der Waals surface area contributed by atoms with Crippen molar-refractivity contribution in [1.29, 1.82) is 0 Å². The molecule has 1 aliphatic heterocycles. The van der Waals surface area contributed by atoms with E-state index in [4.69, 9.17) is 15.2 Å². The van der Waals surface area contributed by atoms with Crippen molar-refractivity contribution in [3.8, 4) is 11.5 Å². The number of hydrogen-bond acceptors (Lipinski definition) is 4. The van der Waals surface area contributed by atoms with Gasteiger partial charge in [-0.05, 0) is 37.4 Å². The van der Waals surface area contributed by atoms with Gasteiger partial charge >= 0.3 is 0 Å². The van der Waals surface area contributed by atoms with Crippen LogP contribution in [0.4, 0.5) is 5.69 Å². The van der Waals surface area contributed by atoms with Gasteiger partial charge in [0.05, 0.1) is 5.69 Å². The van der Waals surface area contributed by atoms with Gasteiger partial charge in [0.25, 0.3) is 0 Å². The molecule has 1 aromatic carbocycles. The number of rotatable bonds is 3. The van der Waals surface area contributed by atoms with Crippen molar-refractivity contribution >= 4 is 24.0 Å². The molecule has 1 saturated carbocycles. The van der Waals surface area contributed by atoms with Crippen LogP contribution in [0.1, 0.15) is 19.3 Å². The van der Waals surface area contributed by atoms with Gasteiger partial charge in [-0.1, -0.05) is 12.5 Å². The molecule has 5 nitrogen and oxygen atoms in total. The highest BCUT2D eigenvalue weighted by molar-refractivity contribution is 5.94. The largest absolute Gasteiger partial charge is 0.486 e. The quantitative estimate of drug-likeness (QED) is 0.897. The number of amides is 1. The Labute approximate surface area is 130 Å². The highest BCUT2D eigenvalue weighted by Crippen LogP contribution is 2.38. The van der Waals surface area contributed by atoms with Gasteiger partial charge in [0.1, 0.15) is 13.2 Å². The van der Waals surface area contributed by atoms with Gasteiger partial charge in [0.2, 0.25) is 5.91 Å². The number of carbonyl (C=O) groups excluding carboxylic acids is 1. The Balaban J connectivity index is 0.00000161. The summed E-state index contributed by atoms with van der Waals surface area (Å²) in [6.45, 7) is 1.63. The Hall–Kier alpha value is -1.46. The molecule has 1 aliphatic carbocycles. The van der Waals surface area contributed by atoms with Gasteiger partial charge in [-0.2, -0.15) is 0 Å². The standard InChI is InChI=1S/C15H20N2O3.ClH/c16-9-10-3-1-4-11(10)15(18)17-12-5-2-6-13-14(12)20-8-7-19-13;/h2,5-6,10-11H,1,3-4,7-9,16H2,(H,17,18);1H/t10-,11-;/m1./s1. The van der Waals surface area contributed by atoms with E-state index >= 15 is 0 Å². The molecule has 6 heteroatoms. The zero-order chi connectivity index (χ0) is 13.9. The number of benzene rings is 1. The summed E-state index contributed by atoms with van der Waals surface area (Å²) in [4.78, 5) is 12.4. The molecule has 0 bridgehead atoms.